The summed E-state index contributed by atoms with van der Waals surface area (Å²) in [5.41, 5.74) is 5.95. The summed E-state index contributed by atoms with van der Waals surface area (Å²) in [4.78, 5) is 14.6. The number of benzene rings is 2. The minimum atomic E-state index is -0.283. The molecular formula is C29H35N3O4. The predicted molar refractivity (Wildman–Crippen MR) is 142 cm³/mol. The van der Waals surface area contributed by atoms with Crippen LogP contribution < -0.4 is 9.64 Å². The normalized spacial score (nSPS) is 14.8. The summed E-state index contributed by atoms with van der Waals surface area (Å²) in [7, 11) is 3.34. The Morgan fingerprint density at radius 3 is 2.61 bits per heavy atom. The van der Waals surface area contributed by atoms with Crippen LogP contribution in [0.15, 0.2) is 60.4 Å². The number of nitrogens with zero attached hydrogens (tertiary/aromatic N) is 3. The molecule has 0 spiro atoms. The van der Waals surface area contributed by atoms with Crippen molar-refractivity contribution >= 4 is 17.7 Å². The first-order valence-corrected chi connectivity index (χ1v) is 12.5. The summed E-state index contributed by atoms with van der Waals surface area (Å²) in [5, 5.41) is 4.29. The number of rotatable bonds is 6. The molecule has 0 aliphatic carbocycles. The number of esters is 1. The zero-order valence-electron chi connectivity index (χ0n) is 21.4. The third kappa shape index (κ3) is 6.34. The predicted octanol–water partition coefficient (Wildman–Crippen LogP) is 5.25. The molecule has 0 atom stereocenters. The molecule has 7 heteroatoms. The fourth-order valence-corrected chi connectivity index (χ4v) is 4.49. The van der Waals surface area contributed by atoms with Gasteiger partial charge in [0.2, 0.25) is 0 Å². The van der Waals surface area contributed by atoms with Gasteiger partial charge >= 0.3 is 5.97 Å². The number of ether oxygens (including phenoxy) is 3. The highest BCUT2D eigenvalue weighted by molar-refractivity contribution is 5.96. The van der Waals surface area contributed by atoms with Crippen molar-refractivity contribution in [2.45, 2.75) is 32.7 Å². The van der Waals surface area contributed by atoms with Crippen LogP contribution in [0.1, 0.15) is 37.3 Å². The number of carbonyl (C=O) groups excluding carboxylic acids is 1. The van der Waals surface area contributed by atoms with E-state index in [4.69, 9.17) is 14.2 Å². The molecule has 1 fully saturated rings. The van der Waals surface area contributed by atoms with Crippen LogP contribution in [0.25, 0.3) is 17.2 Å². The SMILES string of the molecule is C1CCOC1.CCOc1ccccc1-c1ccc2c(c1)C=C(C(=O)OC)CCN2Cc1cnn(C)c1. The standard InChI is InChI=1S/C25H27N3O3.C4H8O/c1-4-31-24-8-6-5-7-22(24)19-9-10-23-21(13-19)14-20(25(29)30-3)11-12-28(23)17-18-15-26-27(2)16-18;1-2-4-5-3-1/h5-10,13-16H,4,11-12,17H2,1-3H3;1-4H2. The van der Waals surface area contributed by atoms with Gasteiger partial charge in [0.1, 0.15) is 5.75 Å². The Bertz CT molecular complexity index is 1190. The molecule has 0 saturated carbocycles. The first-order valence-electron chi connectivity index (χ1n) is 12.5. The highest BCUT2D eigenvalue weighted by atomic mass is 16.5. The van der Waals surface area contributed by atoms with Gasteiger partial charge in [0.15, 0.2) is 0 Å². The second-order valence-corrected chi connectivity index (χ2v) is 8.88. The van der Waals surface area contributed by atoms with Gasteiger partial charge in [0.25, 0.3) is 0 Å². The van der Waals surface area contributed by atoms with Gasteiger partial charge in [-0.05, 0) is 61.6 Å². The van der Waals surface area contributed by atoms with Crippen molar-refractivity contribution in [2.24, 2.45) is 7.05 Å². The zero-order chi connectivity index (χ0) is 25.3. The third-order valence-electron chi connectivity index (χ3n) is 6.25. The van der Waals surface area contributed by atoms with Gasteiger partial charge in [-0.15, -0.1) is 0 Å². The monoisotopic (exact) mass is 489 g/mol. The maximum absolute atomic E-state index is 12.3. The maximum atomic E-state index is 12.3. The molecule has 2 aliphatic heterocycles. The number of hydrogen-bond donors (Lipinski definition) is 0. The topological polar surface area (TPSA) is 65.8 Å². The lowest BCUT2D eigenvalue weighted by atomic mass is 9.99. The Hall–Kier alpha value is -3.58. The summed E-state index contributed by atoms with van der Waals surface area (Å²) >= 11 is 0. The second-order valence-electron chi connectivity index (χ2n) is 8.88. The lowest BCUT2D eigenvalue weighted by molar-refractivity contribution is -0.136. The van der Waals surface area contributed by atoms with Crippen LogP contribution in [0.4, 0.5) is 5.69 Å². The van der Waals surface area contributed by atoms with Crippen molar-refractivity contribution in [1.82, 2.24) is 9.78 Å². The molecule has 1 aromatic heterocycles. The van der Waals surface area contributed by atoms with Crippen LogP contribution in [0.3, 0.4) is 0 Å². The van der Waals surface area contributed by atoms with Crippen molar-refractivity contribution in [3.8, 4) is 16.9 Å². The highest BCUT2D eigenvalue weighted by Crippen LogP contribution is 2.36. The van der Waals surface area contributed by atoms with Gasteiger partial charge < -0.3 is 19.1 Å². The summed E-state index contributed by atoms with van der Waals surface area (Å²) in [6, 6.07) is 14.4. The number of para-hydroxylation sites is 1. The fourth-order valence-electron chi connectivity index (χ4n) is 4.49. The average molecular weight is 490 g/mol. The van der Waals surface area contributed by atoms with E-state index in [1.807, 2.05) is 50.6 Å². The molecule has 0 radical (unpaired) electrons. The molecule has 2 aromatic carbocycles. The number of anilines is 1. The zero-order valence-corrected chi connectivity index (χ0v) is 21.4. The molecule has 0 amide bonds. The summed E-state index contributed by atoms with van der Waals surface area (Å²) in [6.45, 7) is 6.03. The highest BCUT2D eigenvalue weighted by Gasteiger charge is 2.21. The van der Waals surface area contributed by atoms with Crippen LogP contribution >= 0.6 is 0 Å². The smallest absolute Gasteiger partial charge is 0.333 e. The first kappa shape index (κ1) is 25.5. The minimum absolute atomic E-state index is 0.283. The largest absolute Gasteiger partial charge is 0.493 e. The van der Waals surface area contributed by atoms with Crippen LogP contribution in [0.2, 0.25) is 0 Å². The molecule has 2 aliphatic rings. The van der Waals surface area contributed by atoms with E-state index in [-0.39, 0.29) is 5.97 Å². The molecular weight excluding hydrogens is 454 g/mol. The number of aryl methyl sites for hydroxylation is 1. The van der Waals surface area contributed by atoms with E-state index in [2.05, 4.69) is 34.3 Å². The lowest BCUT2D eigenvalue weighted by Gasteiger charge is -2.25. The molecule has 7 nitrogen and oxygen atoms in total. The van der Waals surface area contributed by atoms with E-state index in [0.717, 1.165) is 60.0 Å². The van der Waals surface area contributed by atoms with E-state index in [1.165, 1.54) is 20.0 Å². The fraction of sp³-hybridized carbons (Fsp3) is 0.379. The Morgan fingerprint density at radius 2 is 1.94 bits per heavy atom. The van der Waals surface area contributed by atoms with Crippen LogP contribution in [-0.4, -0.2) is 49.2 Å². The molecule has 0 N–H and O–H groups in total. The molecule has 1 saturated heterocycles. The number of carbonyl (C=O) groups is 1. The first-order chi connectivity index (χ1) is 17.6. The maximum Gasteiger partial charge on any atom is 0.333 e. The molecule has 3 aromatic rings. The Labute approximate surface area is 213 Å². The number of hydrogen-bond acceptors (Lipinski definition) is 6. The van der Waals surface area contributed by atoms with E-state index in [1.54, 1.807) is 4.68 Å². The van der Waals surface area contributed by atoms with Gasteiger partial charge in [-0.1, -0.05) is 24.3 Å². The van der Waals surface area contributed by atoms with E-state index >= 15 is 0 Å². The number of fused-ring (bicyclic) bond motifs is 1. The van der Waals surface area contributed by atoms with Gasteiger partial charge in [0.05, 0.1) is 19.9 Å². The Balaban J connectivity index is 0.000000543. The molecule has 3 heterocycles. The van der Waals surface area contributed by atoms with Crippen molar-refractivity contribution < 1.29 is 19.0 Å². The van der Waals surface area contributed by atoms with E-state index in [0.29, 0.717) is 18.6 Å². The molecule has 0 unspecified atom stereocenters. The van der Waals surface area contributed by atoms with E-state index < -0.39 is 0 Å². The molecule has 36 heavy (non-hydrogen) atoms. The van der Waals surface area contributed by atoms with Gasteiger partial charge in [-0.2, -0.15) is 5.10 Å². The molecule has 190 valence electrons. The Morgan fingerprint density at radius 1 is 1.14 bits per heavy atom. The van der Waals surface area contributed by atoms with Crippen LogP contribution in [0.5, 0.6) is 5.75 Å². The Kier molecular flexibility index (Phi) is 8.79. The summed E-state index contributed by atoms with van der Waals surface area (Å²) < 4.78 is 17.6. The van der Waals surface area contributed by atoms with Gasteiger partial charge in [0, 0.05) is 61.9 Å². The van der Waals surface area contributed by atoms with Crippen LogP contribution in [-0.2, 0) is 27.9 Å². The second kappa shape index (κ2) is 12.4. The third-order valence-corrected chi connectivity index (χ3v) is 6.25. The average Bonchev–Trinajstić information content (AvgIpc) is 3.58. The molecule has 5 rings (SSSR count). The molecule has 0 bridgehead atoms. The quantitative estimate of drug-likeness (QED) is 0.441. The van der Waals surface area contributed by atoms with Crippen LogP contribution in [0, 0.1) is 0 Å². The van der Waals surface area contributed by atoms with E-state index in [9.17, 15) is 4.79 Å². The number of aromatic nitrogens is 2. The summed E-state index contributed by atoms with van der Waals surface area (Å²) in [6.07, 6.45) is 9.03. The van der Waals surface area contributed by atoms with Gasteiger partial charge in [-0.3, -0.25) is 4.68 Å². The summed E-state index contributed by atoms with van der Waals surface area (Å²) in [5.74, 6) is 0.567. The van der Waals surface area contributed by atoms with Crippen molar-refractivity contribution in [1.29, 1.82) is 0 Å². The van der Waals surface area contributed by atoms with Gasteiger partial charge in [-0.25, -0.2) is 4.79 Å². The minimum Gasteiger partial charge on any atom is -0.493 e. The number of methoxy groups -OCH3 is 1. The van der Waals surface area contributed by atoms with Crippen molar-refractivity contribution in [2.75, 3.05) is 38.4 Å². The van der Waals surface area contributed by atoms with Crippen molar-refractivity contribution in [3.05, 3.63) is 71.6 Å². The lowest BCUT2D eigenvalue weighted by Crippen LogP contribution is -2.24. The van der Waals surface area contributed by atoms with Crippen molar-refractivity contribution in [3.63, 3.8) is 0 Å².